The van der Waals surface area contributed by atoms with Crippen molar-refractivity contribution in [3.63, 3.8) is 0 Å². The second kappa shape index (κ2) is 24.5. The van der Waals surface area contributed by atoms with E-state index in [1.807, 2.05) is 11.5 Å². The third-order valence-electron chi connectivity index (χ3n) is 7.72. The van der Waals surface area contributed by atoms with Crippen LogP contribution in [0.3, 0.4) is 0 Å². The number of anilines is 1. The Morgan fingerprint density at radius 3 is 2.17 bits per heavy atom. The van der Waals surface area contributed by atoms with Gasteiger partial charge in [0.1, 0.15) is 24.8 Å². The first-order chi connectivity index (χ1) is 22.3. The Bertz CT molecular complexity index is 1190. The standard InChI is InChI=1S/C32H58N5O6PS2/c1-4-6-7-8-9-10-11-12-13-14-15-16-17-18-22-46(45)23-20-43-44(39,21-19-41-32(38)40-5-2)27-42-28(3)24-37-26-36-29-30(33)34-25-35-31(29)37/h25-26,28H,4-24,27H2,1-3H3,(H2,33,34,35)/t28-,44-,46?/m1/s1. The van der Waals surface area contributed by atoms with Crippen molar-refractivity contribution >= 4 is 51.1 Å². The van der Waals surface area contributed by atoms with E-state index in [0.29, 0.717) is 29.3 Å². The fraction of sp³-hybridized carbons (Fsp3) is 0.812. The molecule has 46 heavy (non-hydrogen) atoms. The molecule has 2 rings (SSSR count). The van der Waals surface area contributed by atoms with Gasteiger partial charge in [0.15, 0.2) is 11.5 Å². The monoisotopic (exact) mass is 703 g/mol. The van der Waals surface area contributed by atoms with Gasteiger partial charge >= 0.3 is 6.16 Å². The van der Waals surface area contributed by atoms with Gasteiger partial charge in [-0.15, -0.1) is 9.45 Å². The van der Waals surface area contributed by atoms with Gasteiger partial charge in [0.2, 0.25) is 7.37 Å². The van der Waals surface area contributed by atoms with Crippen molar-refractivity contribution < 1.29 is 28.1 Å². The SMILES string of the molecule is CCCCCCCCCCCCCCCCS(=S)CCO[P@](=O)(CCOC(=O)OCC)CO[C@H](C)Cn1cnc2c(N)ncnc21. The highest BCUT2D eigenvalue weighted by Gasteiger charge is 2.26. The summed E-state index contributed by atoms with van der Waals surface area (Å²) in [5, 5.41) is 0. The summed E-state index contributed by atoms with van der Waals surface area (Å²) in [6, 6.07) is 0. The third kappa shape index (κ3) is 17.5. The molecule has 0 spiro atoms. The summed E-state index contributed by atoms with van der Waals surface area (Å²) in [6.07, 6.45) is 20.5. The molecule has 2 N–H and O–H groups in total. The van der Waals surface area contributed by atoms with E-state index in [0.717, 1.165) is 12.2 Å². The quantitative estimate of drug-likeness (QED) is 0.0527. The fourth-order valence-corrected chi connectivity index (χ4v) is 8.34. The minimum absolute atomic E-state index is 0.0282. The van der Waals surface area contributed by atoms with Crippen LogP contribution in [0.5, 0.6) is 0 Å². The van der Waals surface area contributed by atoms with Crippen molar-refractivity contribution in [2.45, 2.75) is 123 Å². The molecule has 0 radical (unpaired) electrons. The van der Waals surface area contributed by atoms with Crippen LogP contribution in [-0.2, 0) is 50.5 Å². The molecule has 264 valence electrons. The number of ether oxygens (including phenoxy) is 3. The first-order valence-corrected chi connectivity index (χ1v) is 21.7. The average Bonchev–Trinajstić information content (AvgIpc) is 3.44. The van der Waals surface area contributed by atoms with Crippen molar-refractivity contribution in [1.29, 1.82) is 0 Å². The zero-order chi connectivity index (χ0) is 33.5. The lowest BCUT2D eigenvalue weighted by atomic mass is 10.0. The summed E-state index contributed by atoms with van der Waals surface area (Å²) in [7, 11) is -3.51. The highest BCUT2D eigenvalue weighted by atomic mass is 32.8. The van der Waals surface area contributed by atoms with Gasteiger partial charge < -0.3 is 29.0 Å². The summed E-state index contributed by atoms with van der Waals surface area (Å²) < 4.78 is 37.3. The van der Waals surface area contributed by atoms with Crippen LogP contribution in [0.1, 0.15) is 111 Å². The number of hydrogen-bond acceptors (Lipinski definition) is 11. The Morgan fingerprint density at radius 1 is 0.913 bits per heavy atom. The normalized spacial score (nSPS) is 14.2. The molecule has 0 bridgehead atoms. The van der Waals surface area contributed by atoms with Crippen molar-refractivity contribution in [3.8, 4) is 0 Å². The number of unbranched alkanes of at least 4 members (excludes halogenated alkanes) is 13. The molecular formula is C32H58N5O6PS2. The van der Waals surface area contributed by atoms with Gasteiger partial charge in [-0.05, 0) is 26.0 Å². The molecule has 0 aliphatic rings. The van der Waals surface area contributed by atoms with Crippen LogP contribution >= 0.6 is 7.37 Å². The molecule has 0 aliphatic carbocycles. The lowest BCUT2D eigenvalue weighted by molar-refractivity contribution is 0.0611. The van der Waals surface area contributed by atoms with E-state index in [-0.39, 0.29) is 47.9 Å². The molecule has 0 saturated heterocycles. The Morgan fingerprint density at radius 2 is 1.54 bits per heavy atom. The predicted octanol–water partition coefficient (Wildman–Crippen LogP) is 7.80. The van der Waals surface area contributed by atoms with Crippen molar-refractivity contribution in [2.24, 2.45) is 0 Å². The van der Waals surface area contributed by atoms with Crippen LogP contribution in [0.25, 0.3) is 11.2 Å². The van der Waals surface area contributed by atoms with Gasteiger partial charge in [-0.25, -0.2) is 19.7 Å². The van der Waals surface area contributed by atoms with E-state index in [9.17, 15) is 9.36 Å². The van der Waals surface area contributed by atoms with Crippen molar-refractivity contribution in [2.75, 3.05) is 49.6 Å². The third-order valence-corrected chi connectivity index (χ3v) is 12.1. The fourth-order valence-electron chi connectivity index (χ4n) is 5.05. The van der Waals surface area contributed by atoms with Gasteiger partial charge in [-0.2, -0.15) is 0 Å². The van der Waals surface area contributed by atoms with E-state index >= 15 is 0 Å². The first kappa shape index (κ1) is 40.5. The highest BCUT2D eigenvalue weighted by molar-refractivity contribution is 8.28. The van der Waals surface area contributed by atoms with E-state index < -0.39 is 13.5 Å². The number of carbonyl (C=O) groups excluding carboxylic acids is 1. The Balaban J connectivity index is 1.66. The molecule has 0 fully saturated rings. The van der Waals surface area contributed by atoms with Gasteiger partial charge in [-0.1, -0.05) is 102 Å². The zero-order valence-corrected chi connectivity index (χ0v) is 30.9. The predicted molar refractivity (Wildman–Crippen MR) is 191 cm³/mol. The lowest BCUT2D eigenvalue weighted by Gasteiger charge is -2.22. The number of carbonyl (C=O) groups is 1. The summed E-state index contributed by atoms with van der Waals surface area (Å²) in [4.78, 5) is 24.1. The smallest absolute Gasteiger partial charge is 0.435 e. The molecule has 3 atom stereocenters. The molecule has 2 aromatic heterocycles. The molecule has 0 amide bonds. The largest absolute Gasteiger partial charge is 0.508 e. The van der Waals surface area contributed by atoms with Crippen LogP contribution < -0.4 is 5.73 Å². The molecule has 2 heterocycles. The minimum Gasteiger partial charge on any atom is -0.435 e. The van der Waals surface area contributed by atoms with Crippen LogP contribution in [0, 0.1) is 0 Å². The Labute approximate surface area is 283 Å². The van der Waals surface area contributed by atoms with Gasteiger partial charge in [0.25, 0.3) is 0 Å². The molecular weight excluding hydrogens is 645 g/mol. The summed E-state index contributed by atoms with van der Waals surface area (Å²) in [5.74, 6) is 1.95. The second-order valence-electron chi connectivity index (χ2n) is 11.8. The zero-order valence-electron chi connectivity index (χ0n) is 28.4. The molecule has 1 unspecified atom stereocenters. The number of nitrogen functional groups attached to an aromatic ring is 1. The maximum Gasteiger partial charge on any atom is 0.508 e. The number of aromatic nitrogens is 4. The lowest BCUT2D eigenvalue weighted by Crippen LogP contribution is -2.20. The first-order valence-electron chi connectivity index (χ1n) is 17.2. The molecule has 2 aromatic rings. The van der Waals surface area contributed by atoms with Crippen LogP contribution in [-0.4, -0.2) is 75.6 Å². The van der Waals surface area contributed by atoms with Crippen LogP contribution in [0.4, 0.5) is 10.6 Å². The number of nitrogens with two attached hydrogens (primary N) is 1. The Hall–Kier alpha value is -1.66. The molecule has 14 heteroatoms. The number of imidazole rings is 1. The van der Waals surface area contributed by atoms with E-state index in [2.05, 4.69) is 21.9 Å². The Kier molecular flexibility index (Phi) is 21.6. The number of hydrogen-bond donors (Lipinski definition) is 1. The summed E-state index contributed by atoms with van der Waals surface area (Å²) >= 11 is 5.70. The summed E-state index contributed by atoms with van der Waals surface area (Å²) in [5.41, 5.74) is 7.01. The molecule has 0 aliphatic heterocycles. The highest BCUT2D eigenvalue weighted by Crippen LogP contribution is 2.47. The van der Waals surface area contributed by atoms with Crippen LogP contribution in [0.15, 0.2) is 12.7 Å². The topological polar surface area (TPSA) is 141 Å². The van der Waals surface area contributed by atoms with Crippen LogP contribution in [0.2, 0.25) is 0 Å². The van der Waals surface area contributed by atoms with Gasteiger partial charge in [0.05, 0.1) is 38.4 Å². The van der Waals surface area contributed by atoms with Gasteiger partial charge in [-0.3, -0.25) is 4.57 Å². The number of rotatable bonds is 28. The van der Waals surface area contributed by atoms with E-state index in [1.165, 1.54) is 89.8 Å². The second-order valence-corrected chi connectivity index (χ2v) is 17.5. The number of nitrogens with zero attached hydrogens (tertiary/aromatic N) is 4. The van der Waals surface area contributed by atoms with Crippen molar-refractivity contribution in [3.05, 3.63) is 12.7 Å². The minimum atomic E-state index is -3.28. The molecule has 0 aromatic carbocycles. The average molecular weight is 704 g/mol. The molecule has 0 saturated carbocycles. The van der Waals surface area contributed by atoms with E-state index in [1.54, 1.807) is 13.3 Å². The maximum absolute atomic E-state index is 13.7. The summed E-state index contributed by atoms with van der Waals surface area (Å²) in [6.45, 7) is 6.64. The van der Waals surface area contributed by atoms with Gasteiger partial charge in [0, 0.05) is 5.75 Å². The van der Waals surface area contributed by atoms with E-state index in [4.69, 9.17) is 35.7 Å². The molecule has 11 nitrogen and oxygen atoms in total. The van der Waals surface area contributed by atoms with Crippen molar-refractivity contribution in [1.82, 2.24) is 19.5 Å². The maximum atomic E-state index is 13.7. The number of fused-ring (bicyclic) bond motifs is 1.